The van der Waals surface area contributed by atoms with Crippen LogP contribution in [0.2, 0.25) is 0 Å². The maximum absolute atomic E-state index is 4.40. The molecular formula is C16H28N4. The summed E-state index contributed by atoms with van der Waals surface area (Å²) < 4.78 is 2.03. The predicted molar refractivity (Wildman–Crippen MR) is 81.6 cm³/mol. The molecule has 1 aromatic rings. The lowest BCUT2D eigenvalue weighted by Gasteiger charge is -2.49. The van der Waals surface area contributed by atoms with E-state index in [2.05, 4.69) is 35.4 Å². The number of rotatable bonds is 3. The van der Waals surface area contributed by atoms with Crippen molar-refractivity contribution in [3.05, 3.63) is 18.0 Å². The second kappa shape index (κ2) is 5.86. The minimum atomic E-state index is 0.394. The number of aryl methyl sites for hydroxylation is 1. The van der Waals surface area contributed by atoms with Gasteiger partial charge >= 0.3 is 0 Å². The van der Waals surface area contributed by atoms with E-state index in [1.54, 1.807) is 0 Å². The first-order valence-corrected chi connectivity index (χ1v) is 8.21. The largest absolute Gasteiger partial charge is 0.308 e. The summed E-state index contributed by atoms with van der Waals surface area (Å²) in [5.74, 6) is 0. The molecule has 2 aliphatic rings. The van der Waals surface area contributed by atoms with Crippen LogP contribution in [0.3, 0.4) is 0 Å². The zero-order valence-electron chi connectivity index (χ0n) is 12.9. The molecule has 4 heteroatoms. The highest BCUT2D eigenvalue weighted by molar-refractivity contribution is 5.06. The van der Waals surface area contributed by atoms with Crippen molar-refractivity contribution in [2.24, 2.45) is 0 Å². The molecule has 1 atom stereocenters. The van der Waals surface area contributed by atoms with Crippen molar-refractivity contribution in [2.45, 2.75) is 70.6 Å². The van der Waals surface area contributed by atoms with E-state index in [0.717, 1.165) is 19.6 Å². The fraction of sp³-hybridized carbons (Fsp3) is 0.812. The van der Waals surface area contributed by atoms with Crippen LogP contribution >= 0.6 is 0 Å². The third-order valence-electron chi connectivity index (χ3n) is 5.11. The molecule has 1 aromatic heterocycles. The highest BCUT2D eigenvalue weighted by atomic mass is 15.3. The Morgan fingerprint density at radius 1 is 1.35 bits per heavy atom. The summed E-state index contributed by atoms with van der Waals surface area (Å²) in [6.07, 6.45) is 11.1. The van der Waals surface area contributed by atoms with Crippen molar-refractivity contribution in [3.63, 3.8) is 0 Å². The quantitative estimate of drug-likeness (QED) is 0.920. The predicted octanol–water partition coefficient (Wildman–Crippen LogP) is 2.40. The Labute approximate surface area is 122 Å². The van der Waals surface area contributed by atoms with Crippen LogP contribution in [0.5, 0.6) is 0 Å². The Morgan fingerprint density at radius 3 is 2.85 bits per heavy atom. The number of aromatic nitrogens is 2. The van der Waals surface area contributed by atoms with Crippen LogP contribution in [0.4, 0.5) is 0 Å². The summed E-state index contributed by atoms with van der Waals surface area (Å²) in [7, 11) is 0. The van der Waals surface area contributed by atoms with E-state index in [1.807, 2.05) is 10.9 Å². The van der Waals surface area contributed by atoms with Gasteiger partial charge in [-0.15, -0.1) is 0 Å². The molecule has 1 saturated heterocycles. The number of piperazine rings is 1. The van der Waals surface area contributed by atoms with E-state index in [4.69, 9.17) is 0 Å². The normalized spacial score (nSPS) is 27.0. The molecule has 20 heavy (non-hydrogen) atoms. The second-order valence-electron chi connectivity index (χ2n) is 6.68. The van der Waals surface area contributed by atoms with E-state index < -0.39 is 0 Å². The van der Waals surface area contributed by atoms with Crippen molar-refractivity contribution in [1.82, 2.24) is 20.0 Å². The topological polar surface area (TPSA) is 33.1 Å². The number of hydrogen-bond acceptors (Lipinski definition) is 3. The molecule has 1 spiro atoms. The van der Waals surface area contributed by atoms with Crippen molar-refractivity contribution in [3.8, 4) is 0 Å². The average molecular weight is 276 g/mol. The molecule has 0 aromatic carbocycles. The van der Waals surface area contributed by atoms with E-state index >= 15 is 0 Å². The Hall–Kier alpha value is -0.870. The van der Waals surface area contributed by atoms with Gasteiger partial charge < -0.3 is 5.32 Å². The molecule has 0 amide bonds. The van der Waals surface area contributed by atoms with Gasteiger partial charge in [0.25, 0.3) is 0 Å². The SMILES string of the molecule is CCn1cc(CN2CC3(CCCCC3)NCC2C)cn1. The van der Waals surface area contributed by atoms with Crippen LogP contribution in [0, 0.1) is 0 Å². The van der Waals surface area contributed by atoms with E-state index in [1.165, 1.54) is 44.2 Å². The minimum Gasteiger partial charge on any atom is -0.308 e. The van der Waals surface area contributed by atoms with Gasteiger partial charge in [-0.05, 0) is 26.7 Å². The maximum atomic E-state index is 4.40. The standard InChI is InChI=1S/C16H28N4/c1-3-20-12-15(10-18-20)11-19-13-16(17-9-14(19)2)7-5-4-6-8-16/h10,12,14,17H,3-9,11,13H2,1-2H3. The average Bonchev–Trinajstić information content (AvgIpc) is 2.92. The summed E-state index contributed by atoms with van der Waals surface area (Å²) >= 11 is 0. The van der Waals surface area contributed by atoms with Gasteiger partial charge in [0.05, 0.1) is 6.20 Å². The highest BCUT2D eigenvalue weighted by Crippen LogP contribution is 2.32. The molecular weight excluding hydrogens is 248 g/mol. The van der Waals surface area contributed by atoms with Crippen molar-refractivity contribution in [1.29, 1.82) is 0 Å². The smallest absolute Gasteiger partial charge is 0.0534 e. The van der Waals surface area contributed by atoms with Crippen molar-refractivity contribution in [2.75, 3.05) is 13.1 Å². The third kappa shape index (κ3) is 2.91. The fourth-order valence-electron chi connectivity index (χ4n) is 3.76. The van der Waals surface area contributed by atoms with Crippen LogP contribution in [0.15, 0.2) is 12.4 Å². The van der Waals surface area contributed by atoms with Gasteiger partial charge in [0.2, 0.25) is 0 Å². The monoisotopic (exact) mass is 276 g/mol. The lowest BCUT2D eigenvalue weighted by atomic mass is 9.79. The lowest BCUT2D eigenvalue weighted by Crippen LogP contribution is -2.63. The first-order valence-electron chi connectivity index (χ1n) is 8.21. The molecule has 2 fully saturated rings. The molecule has 1 aliphatic heterocycles. The van der Waals surface area contributed by atoms with Crippen LogP contribution in [0.25, 0.3) is 0 Å². The summed E-state index contributed by atoms with van der Waals surface area (Å²) in [5.41, 5.74) is 1.75. The molecule has 1 unspecified atom stereocenters. The summed E-state index contributed by atoms with van der Waals surface area (Å²) in [5, 5.41) is 8.26. The first-order chi connectivity index (χ1) is 9.71. The first kappa shape index (κ1) is 14.1. The van der Waals surface area contributed by atoms with Gasteiger partial charge in [0, 0.05) is 49.5 Å². The minimum absolute atomic E-state index is 0.394. The fourth-order valence-corrected chi connectivity index (χ4v) is 3.76. The maximum Gasteiger partial charge on any atom is 0.0534 e. The number of nitrogens with zero attached hydrogens (tertiary/aromatic N) is 3. The Morgan fingerprint density at radius 2 is 2.15 bits per heavy atom. The highest BCUT2D eigenvalue weighted by Gasteiger charge is 2.38. The van der Waals surface area contributed by atoms with Crippen LogP contribution in [0.1, 0.15) is 51.5 Å². The molecule has 2 heterocycles. The van der Waals surface area contributed by atoms with Crippen LogP contribution < -0.4 is 5.32 Å². The Balaban J connectivity index is 1.67. The van der Waals surface area contributed by atoms with Gasteiger partial charge in [-0.1, -0.05) is 19.3 Å². The molecule has 3 rings (SSSR count). The van der Waals surface area contributed by atoms with Crippen molar-refractivity contribution >= 4 is 0 Å². The summed E-state index contributed by atoms with van der Waals surface area (Å²) in [4.78, 5) is 2.65. The van der Waals surface area contributed by atoms with Crippen molar-refractivity contribution < 1.29 is 0 Å². The Kier molecular flexibility index (Phi) is 4.13. The summed E-state index contributed by atoms with van der Waals surface area (Å²) in [6.45, 7) is 8.81. The van der Waals surface area contributed by atoms with Gasteiger partial charge in [0.1, 0.15) is 0 Å². The Bertz CT molecular complexity index is 433. The molecule has 1 aliphatic carbocycles. The lowest BCUT2D eigenvalue weighted by molar-refractivity contribution is 0.0573. The van der Waals surface area contributed by atoms with E-state index in [9.17, 15) is 0 Å². The van der Waals surface area contributed by atoms with E-state index in [0.29, 0.717) is 11.6 Å². The van der Waals surface area contributed by atoms with Crippen LogP contribution in [-0.2, 0) is 13.1 Å². The second-order valence-corrected chi connectivity index (χ2v) is 6.68. The molecule has 4 nitrogen and oxygen atoms in total. The zero-order chi connectivity index (χ0) is 14.0. The third-order valence-corrected chi connectivity index (χ3v) is 5.11. The number of hydrogen-bond donors (Lipinski definition) is 1. The molecule has 1 saturated carbocycles. The molecule has 0 radical (unpaired) electrons. The molecule has 112 valence electrons. The van der Waals surface area contributed by atoms with Gasteiger partial charge in [0.15, 0.2) is 0 Å². The zero-order valence-corrected chi connectivity index (χ0v) is 12.9. The van der Waals surface area contributed by atoms with Gasteiger partial charge in [-0.2, -0.15) is 5.10 Å². The molecule has 1 N–H and O–H groups in total. The number of nitrogens with one attached hydrogen (secondary N) is 1. The van der Waals surface area contributed by atoms with E-state index in [-0.39, 0.29) is 0 Å². The van der Waals surface area contributed by atoms with Gasteiger partial charge in [-0.25, -0.2) is 0 Å². The molecule has 0 bridgehead atoms. The van der Waals surface area contributed by atoms with Gasteiger partial charge in [-0.3, -0.25) is 9.58 Å². The van der Waals surface area contributed by atoms with Crippen LogP contribution in [-0.4, -0.2) is 39.4 Å². The summed E-state index contributed by atoms with van der Waals surface area (Å²) in [6, 6.07) is 0.618.